The fraction of sp³-hybridized carbons (Fsp3) is 0.545. The summed E-state index contributed by atoms with van der Waals surface area (Å²) in [7, 11) is 1.52. The van der Waals surface area contributed by atoms with Gasteiger partial charge in [-0.05, 0) is 5.92 Å². The summed E-state index contributed by atoms with van der Waals surface area (Å²) in [6.07, 6.45) is 0.149. The van der Waals surface area contributed by atoms with Crippen LogP contribution in [0.2, 0.25) is 0 Å². The Labute approximate surface area is 104 Å². The van der Waals surface area contributed by atoms with Crippen molar-refractivity contribution < 1.29 is 14.7 Å². The molecule has 1 N–H and O–H groups in total. The minimum absolute atomic E-state index is 0.128. The Morgan fingerprint density at radius 3 is 2.59 bits per heavy atom. The first-order valence-electron chi connectivity index (χ1n) is 5.29. The summed E-state index contributed by atoms with van der Waals surface area (Å²) >= 11 is 1.42. The van der Waals surface area contributed by atoms with E-state index in [1.165, 1.54) is 23.3 Å². The Hall–Kier alpha value is -1.43. The van der Waals surface area contributed by atoms with Crippen molar-refractivity contribution in [2.75, 3.05) is 7.05 Å². The number of rotatable bonds is 5. The molecule has 0 saturated heterocycles. The van der Waals surface area contributed by atoms with E-state index in [0.717, 1.165) is 0 Å². The van der Waals surface area contributed by atoms with Gasteiger partial charge in [0.25, 0.3) is 0 Å². The van der Waals surface area contributed by atoms with Gasteiger partial charge < -0.3 is 10.0 Å². The van der Waals surface area contributed by atoms with E-state index in [4.69, 9.17) is 5.11 Å². The molecule has 17 heavy (non-hydrogen) atoms. The number of hydrogen-bond donors (Lipinski definition) is 1. The molecule has 1 unspecified atom stereocenters. The monoisotopic (exact) mass is 256 g/mol. The molecule has 1 atom stereocenters. The predicted molar refractivity (Wildman–Crippen MR) is 64.8 cm³/mol. The topological polar surface area (TPSA) is 70.5 Å². The highest BCUT2D eigenvalue weighted by atomic mass is 32.1. The van der Waals surface area contributed by atoms with Gasteiger partial charge in [-0.15, -0.1) is 11.3 Å². The van der Waals surface area contributed by atoms with Crippen LogP contribution in [-0.4, -0.2) is 40.0 Å². The Morgan fingerprint density at radius 2 is 2.18 bits per heavy atom. The van der Waals surface area contributed by atoms with E-state index in [1.54, 1.807) is 24.7 Å². The van der Waals surface area contributed by atoms with Gasteiger partial charge in [0.15, 0.2) is 0 Å². The Kier molecular flexibility index (Phi) is 4.62. The van der Waals surface area contributed by atoms with E-state index in [-0.39, 0.29) is 18.2 Å². The molecule has 0 aromatic carbocycles. The Balaban J connectivity index is 2.70. The minimum Gasteiger partial charge on any atom is -0.480 e. The standard InChI is InChI=1S/C11H16N2O3S/c1-7(2)10(11(15)16)13(3)9(14)4-8-5-17-6-12-8/h5-7,10H,4H2,1-3H3,(H,15,16). The molecule has 0 aliphatic heterocycles. The zero-order valence-corrected chi connectivity index (χ0v) is 10.9. The van der Waals surface area contributed by atoms with Gasteiger partial charge in [0.05, 0.1) is 17.6 Å². The highest BCUT2D eigenvalue weighted by Gasteiger charge is 2.29. The Bertz CT molecular complexity index is 389. The van der Waals surface area contributed by atoms with Crippen molar-refractivity contribution in [3.8, 4) is 0 Å². The molecule has 6 heteroatoms. The molecule has 0 aliphatic carbocycles. The minimum atomic E-state index is -0.978. The highest BCUT2D eigenvalue weighted by Crippen LogP contribution is 2.12. The van der Waals surface area contributed by atoms with E-state index in [9.17, 15) is 9.59 Å². The molecule has 1 aromatic rings. The van der Waals surface area contributed by atoms with Gasteiger partial charge in [0, 0.05) is 12.4 Å². The van der Waals surface area contributed by atoms with Crippen LogP contribution in [0, 0.1) is 5.92 Å². The first kappa shape index (κ1) is 13.6. The smallest absolute Gasteiger partial charge is 0.326 e. The van der Waals surface area contributed by atoms with Gasteiger partial charge >= 0.3 is 5.97 Å². The van der Waals surface area contributed by atoms with E-state index in [0.29, 0.717) is 5.69 Å². The quantitative estimate of drug-likeness (QED) is 0.860. The number of likely N-dealkylation sites (N-methyl/N-ethyl adjacent to an activating group) is 1. The first-order chi connectivity index (χ1) is 7.93. The number of aliphatic carboxylic acids is 1. The van der Waals surface area contributed by atoms with Crippen LogP contribution in [0.3, 0.4) is 0 Å². The number of carbonyl (C=O) groups is 2. The van der Waals surface area contributed by atoms with Crippen molar-refractivity contribution in [2.45, 2.75) is 26.3 Å². The van der Waals surface area contributed by atoms with Gasteiger partial charge in [-0.25, -0.2) is 9.78 Å². The second-order valence-electron chi connectivity index (χ2n) is 4.19. The number of amides is 1. The second-order valence-corrected chi connectivity index (χ2v) is 4.91. The maximum Gasteiger partial charge on any atom is 0.326 e. The molecule has 0 spiro atoms. The average Bonchev–Trinajstić information content (AvgIpc) is 2.68. The number of carbonyl (C=O) groups excluding carboxylic acids is 1. The summed E-state index contributed by atoms with van der Waals surface area (Å²) in [5, 5.41) is 10.9. The molecule has 1 rings (SSSR count). The Morgan fingerprint density at radius 1 is 1.53 bits per heavy atom. The molecule has 94 valence electrons. The zero-order valence-electron chi connectivity index (χ0n) is 10.1. The number of aromatic nitrogens is 1. The van der Waals surface area contributed by atoms with Crippen LogP contribution in [0.1, 0.15) is 19.5 Å². The number of nitrogens with zero attached hydrogens (tertiary/aromatic N) is 2. The van der Waals surface area contributed by atoms with Gasteiger partial charge in [-0.3, -0.25) is 4.79 Å². The van der Waals surface area contributed by atoms with Crippen LogP contribution >= 0.6 is 11.3 Å². The highest BCUT2D eigenvalue weighted by molar-refractivity contribution is 7.07. The van der Waals surface area contributed by atoms with Gasteiger partial charge in [-0.2, -0.15) is 0 Å². The number of carboxylic acids is 1. The van der Waals surface area contributed by atoms with Crippen molar-refractivity contribution >= 4 is 23.2 Å². The van der Waals surface area contributed by atoms with Crippen LogP contribution in [0.4, 0.5) is 0 Å². The predicted octanol–water partition coefficient (Wildman–Crippen LogP) is 1.25. The van der Waals surface area contributed by atoms with E-state index in [2.05, 4.69) is 4.98 Å². The lowest BCUT2D eigenvalue weighted by molar-refractivity contribution is -0.150. The SMILES string of the molecule is CC(C)C(C(=O)O)N(C)C(=O)Cc1cscn1. The van der Waals surface area contributed by atoms with Crippen molar-refractivity contribution in [1.82, 2.24) is 9.88 Å². The summed E-state index contributed by atoms with van der Waals surface area (Å²) in [6.45, 7) is 3.57. The lowest BCUT2D eigenvalue weighted by atomic mass is 10.0. The van der Waals surface area contributed by atoms with E-state index >= 15 is 0 Å². The van der Waals surface area contributed by atoms with Gasteiger partial charge in [0.1, 0.15) is 6.04 Å². The normalized spacial score (nSPS) is 12.5. The first-order valence-corrected chi connectivity index (χ1v) is 6.23. The maximum absolute atomic E-state index is 11.9. The summed E-state index contributed by atoms with van der Waals surface area (Å²) in [5.41, 5.74) is 2.33. The van der Waals surface area contributed by atoms with Crippen LogP contribution < -0.4 is 0 Å². The third-order valence-electron chi connectivity index (χ3n) is 2.51. The number of carboxylic acid groups (broad SMARTS) is 1. The largest absolute Gasteiger partial charge is 0.480 e. The average molecular weight is 256 g/mol. The van der Waals surface area contributed by atoms with Crippen molar-refractivity contribution in [1.29, 1.82) is 0 Å². The maximum atomic E-state index is 11.9. The fourth-order valence-corrected chi connectivity index (χ4v) is 2.22. The molecule has 0 fully saturated rings. The van der Waals surface area contributed by atoms with Crippen LogP contribution in [-0.2, 0) is 16.0 Å². The molecule has 5 nitrogen and oxygen atoms in total. The molecule has 0 saturated carbocycles. The fourth-order valence-electron chi connectivity index (χ4n) is 1.66. The lowest BCUT2D eigenvalue weighted by Gasteiger charge is -2.27. The molecular formula is C11H16N2O3S. The van der Waals surface area contributed by atoms with E-state index < -0.39 is 12.0 Å². The molecule has 1 amide bonds. The van der Waals surface area contributed by atoms with Gasteiger partial charge in [0.2, 0.25) is 5.91 Å². The zero-order chi connectivity index (χ0) is 13.0. The molecule has 1 heterocycles. The summed E-state index contributed by atoms with van der Waals surface area (Å²) in [6, 6.07) is -0.791. The van der Waals surface area contributed by atoms with Crippen molar-refractivity contribution in [2.24, 2.45) is 5.92 Å². The summed E-state index contributed by atoms with van der Waals surface area (Å²) < 4.78 is 0. The van der Waals surface area contributed by atoms with Crippen LogP contribution in [0.15, 0.2) is 10.9 Å². The van der Waals surface area contributed by atoms with Crippen LogP contribution in [0.25, 0.3) is 0 Å². The van der Waals surface area contributed by atoms with E-state index in [1.807, 2.05) is 0 Å². The molecule has 0 bridgehead atoms. The summed E-state index contributed by atoms with van der Waals surface area (Å²) in [5.74, 6) is -1.33. The van der Waals surface area contributed by atoms with Crippen molar-refractivity contribution in [3.63, 3.8) is 0 Å². The van der Waals surface area contributed by atoms with Crippen LogP contribution in [0.5, 0.6) is 0 Å². The summed E-state index contributed by atoms with van der Waals surface area (Å²) in [4.78, 5) is 28.3. The van der Waals surface area contributed by atoms with Crippen molar-refractivity contribution in [3.05, 3.63) is 16.6 Å². The molecule has 0 radical (unpaired) electrons. The molecular weight excluding hydrogens is 240 g/mol. The molecule has 1 aromatic heterocycles. The third-order valence-corrected chi connectivity index (χ3v) is 3.15. The second kappa shape index (κ2) is 5.77. The lowest BCUT2D eigenvalue weighted by Crippen LogP contribution is -2.46. The molecule has 0 aliphatic rings. The number of hydrogen-bond acceptors (Lipinski definition) is 4. The van der Waals surface area contributed by atoms with Gasteiger partial charge in [-0.1, -0.05) is 13.8 Å². The third kappa shape index (κ3) is 3.52. The number of thiazole rings is 1.